The smallest absolute Gasteiger partial charge is 0.205 e. The molecule has 2 aliphatic rings. The van der Waals surface area contributed by atoms with Crippen molar-refractivity contribution in [3.8, 4) is 17.2 Å². The highest BCUT2D eigenvalue weighted by atomic mass is 19.2. The van der Waals surface area contributed by atoms with Crippen molar-refractivity contribution >= 4 is 0 Å². The molecule has 2 unspecified atom stereocenters. The second-order valence-corrected chi connectivity index (χ2v) is 7.89. The molecule has 2 aromatic rings. The van der Waals surface area contributed by atoms with Gasteiger partial charge < -0.3 is 14.2 Å². The van der Waals surface area contributed by atoms with E-state index in [1.165, 1.54) is 6.07 Å². The van der Waals surface area contributed by atoms with Crippen LogP contribution in [0.15, 0.2) is 30.9 Å². The molecule has 2 heterocycles. The molecule has 0 radical (unpaired) electrons. The van der Waals surface area contributed by atoms with Gasteiger partial charge in [0.2, 0.25) is 11.6 Å². The minimum atomic E-state index is -1.16. The molecule has 0 aromatic heterocycles. The molecule has 6 heteroatoms. The molecule has 3 nitrogen and oxygen atoms in total. The van der Waals surface area contributed by atoms with Gasteiger partial charge in [0.05, 0.1) is 12.7 Å². The summed E-state index contributed by atoms with van der Waals surface area (Å²) in [5.74, 6) is -2.97. The number of fused-ring (bicyclic) bond motifs is 2. The summed E-state index contributed by atoms with van der Waals surface area (Å²) in [5, 5.41) is 0. The van der Waals surface area contributed by atoms with Crippen LogP contribution in [0.1, 0.15) is 42.9 Å². The van der Waals surface area contributed by atoms with E-state index < -0.39 is 17.5 Å². The normalized spacial score (nSPS) is 20.1. The van der Waals surface area contributed by atoms with Gasteiger partial charge in [-0.3, -0.25) is 0 Å². The van der Waals surface area contributed by atoms with E-state index in [0.717, 1.165) is 19.3 Å². The number of rotatable bonds is 6. The Bertz CT molecular complexity index is 949. The number of aryl methyl sites for hydroxylation is 1. The largest absolute Gasteiger partial charge is 0.488 e. The molecule has 1 saturated heterocycles. The molecule has 2 aliphatic heterocycles. The van der Waals surface area contributed by atoms with Crippen molar-refractivity contribution in [3.05, 3.63) is 65.0 Å². The third kappa shape index (κ3) is 3.93. The van der Waals surface area contributed by atoms with Crippen molar-refractivity contribution in [2.75, 3.05) is 13.2 Å². The van der Waals surface area contributed by atoms with E-state index in [4.69, 9.17) is 14.2 Å². The summed E-state index contributed by atoms with van der Waals surface area (Å²) in [4.78, 5) is 0. The first-order valence-electron chi connectivity index (χ1n) is 10.4. The van der Waals surface area contributed by atoms with Crippen LogP contribution in [0.2, 0.25) is 0 Å². The van der Waals surface area contributed by atoms with E-state index in [1.807, 2.05) is 13.0 Å². The Labute approximate surface area is 174 Å². The number of hydrogen-bond donors (Lipinski definition) is 0. The monoisotopic (exact) mass is 418 g/mol. The molecule has 0 amide bonds. The highest BCUT2D eigenvalue weighted by Gasteiger charge is 2.29. The van der Waals surface area contributed by atoms with Gasteiger partial charge in [-0.05, 0) is 30.9 Å². The molecule has 0 N–H and O–H groups in total. The van der Waals surface area contributed by atoms with Gasteiger partial charge in [0.25, 0.3) is 0 Å². The van der Waals surface area contributed by atoms with E-state index in [9.17, 15) is 13.2 Å². The summed E-state index contributed by atoms with van der Waals surface area (Å²) in [6.45, 7) is 6.39. The summed E-state index contributed by atoms with van der Waals surface area (Å²) in [6.07, 6.45) is 4.94. The van der Waals surface area contributed by atoms with Gasteiger partial charge in [-0.1, -0.05) is 31.6 Å². The van der Waals surface area contributed by atoms with E-state index in [0.29, 0.717) is 35.6 Å². The topological polar surface area (TPSA) is 27.7 Å². The summed E-state index contributed by atoms with van der Waals surface area (Å²) >= 11 is 0. The quantitative estimate of drug-likeness (QED) is 0.452. The van der Waals surface area contributed by atoms with Crippen molar-refractivity contribution in [2.45, 2.75) is 45.1 Å². The molecule has 30 heavy (non-hydrogen) atoms. The van der Waals surface area contributed by atoms with Gasteiger partial charge in [0, 0.05) is 23.5 Å². The van der Waals surface area contributed by atoms with Crippen molar-refractivity contribution in [1.29, 1.82) is 0 Å². The average Bonchev–Trinajstić information content (AvgIpc) is 2.77. The van der Waals surface area contributed by atoms with E-state index >= 15 is 0 Å². The van der Waals surface area contributed by atoms with Crippen molar-refractivity contribution in [3.63, 3.8) is 0 Å². The summed E-state index contributed by atoms with van der Waals surface area (Å²) in [7, 11) is 0. The van der Waals surface area contributed by atoms with Crippen LogP contribution in [-0.2, 0) is 17.6 Å². The Kier molecular flexibility index (Phi) is 6.04. The number of benzene rings is 2. The summed E-state index contributed by atoms with van der Waals surface area (Å²) in [6, 6.07) is 4.93. The fourth-order valence-electron chi connectivity index (χ4n) is 3.97. The van der Waals surface area contributed by atoms with Crippen LogP contribution in [0.4, 0.5) is 13.2 Å². The molecule has 4 rings (SSSR count). The molecule has 2 aromatic carbocycles. The number of hydrogen-bond acceptors (Lipinski definition) is 3. The van der Waals surface area contributed by atoms with Crippen LogP contribution in [0, 0.1) is 23.4 Å². The highest BCUT2D eigenvalue weighted by Crippen LogP contribution is 2.43. The molecule has 2 atom stereocenters. The van der Waals surface area contributed by atoms with Gasteiger partial charge in [-0.15, -0.1) is 6.58 Å². The van der Waals surface area contributed by atoms with Crippen LogP contribution in [0.3, 0.4) is 0 Å². The molecular weight excluding hydrogens is 393 g/mol. The molecule has 0 saturated carbocycles. The minimum absolute atomic E-state index is 0.0206. The second-order valence-electron chi connectivity index (χ2n) is 7.89. The fraction of sp³-hybridized carbons (Fsp3) is 0.417. The SMILES string of the molecule is C=CC1CCC(COc2cc3c(c(F)c2F)Oc2c(ccc(CCC)c2F)C3)OC1. The zero-order valence-corrected chi connectivity index (χ0v) is 17.0. The van der Waals surface area contributed by atoms with Crippen LogP contribution in [0.5, 0.6) is 17.2 Å². The fourth-order valence-corrected chi connectivity index (χ4v) is 3.97. The lowest BCUT2D eigenvalue weighted by atomic mass is 9.96. The lowest BCUT2D eigenvalue weighted by Gasteiger charge is -2.27. The van der Waals surface area contributed by atoms with Gasteiger partial charge in [-0.25, -0.2) is 4.39 Å². The molecule has 0 bridgehead atoms. The summed E-state index contributed by atoms with van der Waals surface area (Å²) < 4.78 is 60.8. The molecule has 0 aliphatic carbocycles. The number of ether oxygens (including phenoxy) is 3. The molecule has 160 valence electrons. The number of halogens is 3. The average molecular weight is 418 g/mol. The van der Waals surface area contributed by atoms with E-state index in [1.54, 1.807) is 12.1 Å². The lowest BCUT2D eigenvalue weighted by Crippen LogP contribution is -2.30. The molecule has 0 spiro atoms. The Morgan fingerprint density at radius 1 is 1.10 bits per heavy atom. The Balaban J connectivity index is 1.53. The first-order chi connectivity index (χ1) is 14.5. The van der Waals surface area contributed by atoms with Crippen LogP contribution >= 0.6 is 0 Å². The van der Waals surface area contributed by atoms with E-state index in [-0.39, 0.29) is 36.4 Å². The lowest BCUT2D eigenvalue weighted by molar-refractivity contribution is -0.0281. The van der Waals surface area contributed by atoms with Gasteiger partial charge in [-0.2, -0.15) is 8.78 Å². The highest BCUT2D eigenvalue weighted by molar-refractivity contribution is 5.54. The zero-order chi connectivity index (χ0) is 21.3. The molecule has 1 fully saturated rings. The van der Waals surface area contributed by atoms with Gasteiger partial charge in [0.15, 0.2) is 23.1 Å². The van der Waals surface area contributed by atoms with Crippen LogP contribution in [-0.4, -0.2) is 19.3 Å². The Morgan fingerprint density at radius 2 is 1.90 bits per heavy atom. The molecular formula is C24H25F3O3. The van der Waals surface area contributed by atoms with Crippen LogP contribution in [0.25, 0.3) is 0 Å². The maximum absolute atomic E-state index is 14.7. The summed E-state index contributed by atoms with van der Waals surface area (Å²) in [5.41, 5.74) is 1.53. The Morgan fingerprint density at radius 3 is 2.60 bits per heavy atom. The van der Waals surface area contributed by atoms with Crippen molar-refractivity contribution in [2.24, 2.45) is 5.92 Å². The van der Waals surface area contributed by atoms with Gasteiger partial charge >= 0.3 is 0 Å². The first kappa shape index (κ1) is 20.8. The first-order valence-corrected chi connectivity index (χ1v) is 10.4. The maximum atomic E-state index is 14.7. The predicted octanol–water partition coefficient (Wildman–Crippen LogP) is 6.11. The second kappa shape index (κ2) is 8.72. The maximum Gasteiger partial charge on any atom is 0.205 e. The third-order valence-electron chi connectivity index (χ3n) is 5.73. The van der Waals surface area contributed by atoms with Crippen LogP contribution < -0.4 is 9.47 Å². The van der Waals surface area contributed by atoms with E-state index in [2.05, 4.69) is 6.58 Å². The van der Waals surface area contributed by atoms with Gasteiger partial charge in [0.1, 0.15) is 6.61 Å². The van der Waals surface area contributed by atoms with Crippen molar-refractivity contribution < 1.29 is 27.4 Å². The van der Waals surface area contributed by atoms with Crippen molar-refractivity contribution in [1.82, 2.24) is 0 Å². The minimum Gasteiger partial charge on any atom is -0.488 e. The predicted molar refractivity (Wildman–Crippen MR) is 108 cm³/mol. The standard InChI is InChI=1S/C24H25F3O3/c1-3-5-15-7-8-16-10-17-11-19(29-13-18-9-6-14(4-2)12-28-18)21(26)22(27)24(17)30-23(16)20(15)25/h4,7-8,11,14,18H,2-3,5-6,9-10,12-13H2,1H3. The Hall–Kier alpha value is -2.47. The zero-order valence-electron chi connectivity index (χ0n) is 17.0. The third-order valence-corrected chi connectivity index (χ3v) is 5.73.